The quantitative estimate of drug-likeness (QED) is 0.260. The molecule has 194 valence electrons. The molecule has 0 heterocycles. The highest BCUT2D eigenvalue weighted by Gasteiger charge is 2.22. The Hall–Kier alpha value is -4.14. The highest BCUT2D eigenvalue weighted by Crippen LogP contribution is 2.28. The molecule has 1 atom stereocenters. The number of hydrogen-bond acceptors (Lipinski definition) is 4. The molecular weight excluding hydrogens is 522 g/mol. The summed E-state index contributed by atoms with van der Waals surface area (Å²) in [4.78, 5) is 26.2. The number of amides is 3. The molecule has 4 aromatic rings. The molecule has 4 aromatic carbocycles. The standard InChI is InChI=1S/C29H26ClN3O4S/c1-38(36,37)27-10-6-5-9-25(27)21-11-15-23(16-12-21)31-28(34)26(19-20-7-3-2-4-8-20)33-29(35)32-24-17-13-22(30)14-18-24/h2-18,26H,19H2,1H3,(H,31,34)(H2,32,33,35). The van der Waals surface area contributed by atoms with Gasteiger partial charge < -0.3 is 16.0 Å². The van der Waals surface area contributed by atoms with Gasteiger partial charge in [-0.05, 0) is 53.6 Å². The summed E-state index contributed by atoms with van der Waals surface area (Å²) < 4.78 is 24.4. The lowest BCUT2D eigenvalue weighted by atomic mass is 10.0. The predicted octanol–water partition coefficient (Wildman–Crippen LogP) is 5.78. The van der Waals surface area contributed by atoms with E-state index < -0.39 is 27.8 Å². The smallest absolute Gasteiger partial charge is 0.319 e. The first-order chi connectivity index (χ1) is 18.2. The van der Waals surface area contributed by atoms with Gasteiger partial charge in [-0.25, -0.2) is 13.2 Å². The van der Waals surface area contributed by atoms with Gasteiger partial charge in [0.05, 0.1) is 4.90 Å². The number of anilines is 2. The van der Waals surface area contributed by atoms with E-state index in [1.165, 1.54) is 6.26 Å². The zero-order chi connectivity index (χ0) is 27.1. The SMILES string of the molecule is CS(=O)(=O)c1ccccc1-c1ccc(NC(=O)C(Cc2ccccc2)NC(=O)Nc2ccc(Cl)cc2)cc1. The minimum Gasteiger partial charge on any atom is -0.326 e. The lowest BCUT2D eigenvalue weighted by Gasteiger charge is -2.19. The summed E-state index contributed by atoms with van der Waals surface area (Å²) in [5, 5.41) is 8.85. The monoisotopic (exact) mass is 547 g/mol. The van der Waals surface area contributed by atoms with Gasteiger partial charge in [0, 0.05) is 34.6 Å². The fourth-order valence-corrected chi connectivity index (χ4v) is 4.95. The third-order valence-corrected chi connectivity index (χ3v) is 7.16. The Bertz CT molecular complexity index is 1520. The Morgan fingerprint density at radius 1 is 0.763 bits per heavy atom. The molecule has 4 rings (SSSR count). The Kier molecular flexibility index (Phi) is 8.45. The summed E-state index contributed by atoms with van der Waals surface area (Å²) in [6.45, 7) is 0. The van der Waals surface area contributed by atoms with E-state index in [-0.39, 0.29) is 11.3 Å². The summed E-state index contributed by atoms with van der Waals surface area (Å²) in [7, 11) is -3.41. The Morgan fingerprint density at radius 3 is 2.00 bits per heavy atom. The predicted molar refractivity (Wildman–Crippen MR) is 151 cm³/mol. The fourth-order valence-electron chi connectivity index (χ4n) is 3.91. The molecule has 9 heteroatoms. The second-order valence-corrected chi connectivity index (χ2v) is 11.1. The topological polar surface area (TPSA) is 104 Å². The van der Waals surface area contributed by atoms with Crippen LogP contribution in [-0.4, -0.2) is 32.7 Å². The van der Waals surface area contributed by atoms with Crippen LogP contribution >= 0.6 is 11.6 Å². The molecule has 0 aliphatic carbocycles. The Balaban J connectivity index is 1.50. The van der Waals surface area contributed by atoms with Gasteiger partial charge in [0.2, 0.25) is 5.91 Å². The van der Waals surface area contributed by atoms with Crippen molar-refractivity contribution in [1.82, 2.24) is 5.32 Å². The van der Waals surface area contributed by atoms with Crippen molar-refractivity contribution in [3.05, 3.63) is 114 Å². The van der Waals surface area contributed by atoms with Crippen LogP contribution in [0, 0.1) is 0 Å². The normalized spacial score (nSPS) is 11.8. The van der Waals surface area contributed by atoms with E-state index in [9.17, 15) is 18.0 Å². The maximum Gasteiger partial charge on any atom is 0.319 e. The first kappa shape index (κ1) is 26.9. The van der Waals surface area contributed by atoms with Gasteiger partial charge in [-0.15, -0.1) is 0 Å². The van der Waals surface area contributed by atoms with Crippen molar-refractivity contribution in [1.29, 1.82) is 0 Å². The van der Waals surface area contributed by atoms with Gasteiger partial charge in [-0.1, -0.05) is 72.3 Å². The molecule has 0 bridgehead atoms. The van der Waals surface area contributed by atoms with E-state index >= 15 is 0 Å². The van der Waals surface area contributed by atoms with Crippen molar-refractivity contribution in [2.45, 2.75) is 17.4 Å². The first-order valence-corrected chi connectivity index (χ1v) is 14.0. The van der Waals surface area contributed by atoms with Crippen LogP contribution in [0.3, 0.4) is 0 Å². The minimum absolute atomic E-state index is 0.232. The zero-order valence-corrected chi connectivity index (χ0v) is 22.1. The molecule has 7 nitrogen and oxygen atoms in total. The third-order valence-electron chi connectivity index (χ3n) is 5.76. The summed E-state index contributed by atoms with van der Waals surface area (Å²) in [5.74, 6) is -0.399. The number of benzene rings is 4. The molecule has 3 amide bonds. The maximum atomic E-state index is 13.2. The summed E-state index contributed by atoms with van der Waals surface area (Å²) in [6.07, 6.45) is 1.45. The Labute approximate surface area is 226 Å². The van der Waals surface area contributed by atoms with E-state index in [2.05, 4.69) is 16.0 Å². The van der Waals surface area contributed by atoms with Gasteiger partial charge in [0.15, 0.2) is 9.84 Å². The maximum absolute atomic E-state index is 13.2. The summed E-state index contributed by atoms with van der Waals surface area (Å²) in [5.41, 5.74) is 3.21. The number of carbonyl (C=O) groups excluding carboxylic acids is 2. The number of hydrogen-bond donors (Lipinski definition) is 3. The van der Waals surface area contributed by atoms with Gasteiger partial charge in [0.25, 0.3) is 0 Å². The van der Waals surface area contributed by atoms with Crippen LogP contribution in [0.5, 0.6) is 0 Å². The van der Waals surface area contributed by atoms with Crippen molar-refractivity contribution in [3.8, 4) is 11.1 Å². The fraction of sp³-hybridized carbons (Fsp3) is 0.103. The average molecular weight is 548 g/mol. The van der Waals surface area contributed by atoms with Gasteiger partial charge in [0.1, 0.15) is 6.04 Å². The Morgan fingerprint density at radius 2 is 1.34 bits per heavy atom. The van der Waals surface area contributed by atoms with Crippen molar-refractivity contribution >= 4 is 44.8 Å². The largest absolute Gasteiger partial charge is 0.326 e. The highest BCUT2D eigenvalue weighted by atomic mass is 35.5. The molecule has 1 unspecified atom stereocenters. The number of rotatable bonds is 8. The number of carbonyl (C=O) groups is 2. The minimum atomic E-state index is -3.41. The second kappa shape index (κ2) is 11.9. The summed E-state index contributed by atoms with van der Waals surface area (Å²) in [6, 6.07) is 28.2. The van der Waals surface area contributed by atoms with E-state index in [4.69, 9.17) is 11.6 Å². The van der Waals surface area contributed by atoms with Gasteiger partial charge in [-0.3, -0.25) is 4.79 Å². The molecule has 3 N–H and O–H groups in total. The second-order valence-electron chi connectivity index (χ2n) is 8.68. The van der Waals surface area contributed by atoms with Crippen molar-refractivity contribution in [2.75, 3.05) is 16.9 Å². The molecule has 0 radical (unpaired) electrons. The highest BCUT2D eigenvalue weighted by molar-refractivity contribution is 7.90. The van der Waals surface area contributed by atoms with E-state index in [1.54, 1.807) is 72.8 Å². The molecule has 0 spiro atoms. The molecule has 0 aromatic heterocycles. The molecule has 0 saturated carbocycles. The van der Waals surface area contributed by atoms with Crippen LogP contribution in [0.4, 0.5) is 16.2 Å². The zero-order valence-electron chi connectivity index (χ0n) is 20.5. The molecule has 0 saturated heterocycles. The van der Waals surface area contributed by atoms with Crippen LogP contribution in [0.15, 0.2) is 108 Å². The van der Waals surface area contributed by atoms with Crippen molar-refractivity contribution < 1.29 is 18.0 Å². The van der Waals surface area contributed by atoms with Crippen LogP contribution in [0.2, 0.25) is 5.02 Å². The van der Waals surface area contributed by atoms with Gasteiger partial charge >= 0.3 is 6.03 Å². The van der Waals surface area contributed by atoms with Crippen molar-refractivity contribution in [2.24, 2.45) is 0 Å². The number of halogens is 1. The van der Waals surface area contributed by atoms with E-state index in [1.807, 2.05) is 30.3 Å². The first-order valence-electron chi connectivity index (χ1n) is 11.8. The molecule has 0 fully saturated rings. The van der Waals surface area contributed by atoms with E-state index in [0.29, 0.717) is 27.5 Å². The van der Waals surface area contributed by atoms with Crippen LogP contribution in [0.1, 0.15) is 5.56 Å². The van der Waals surface area contributed by atoms with Crippen LogP contribution < -0.4 is 16.0 Å². The molecular formula is C29H26ClN3O4S. The lowest BCUT2D eigenvalue weighted by molar-refractivity contribution is -0.117. The molecule has 38 heavy (non-hydrogen) atoms. The molecule has 0 aliphatic heterocycles. The van der Waals surface area contributed by atoms with Crippen molar-refractivity contribution in [3.63, 3.8) is 0 Å². The third kappa shape index (κ3) is 7.21. The van der Waals surface area contributed by atoms with Crippen LogP contribution in [-0.2, 0) is 21.1 Å². The lowest BCUT2D eigenvalue weighted by Crippen LogP contribution is -2.46. The molecule has 0 aliphatic rings. The average Bonchev–Trinajstić information content (AvgIpc) is 2.90. The van der Waals surface area contributed by atoms with E-state index in [0.717, 1.165) is 5.56 Å². The number of sulfone groups is 1. The van der Waals surface area contributed by atoms with Gasteiger partial charge in [-0.2, -0.15) is 0 Å². The number of urea groups is 1. The van der Waals surface area contributed by atoms with Crippen LogP contribution in [0.25, 0.3) is 11.1 Å². The number of nitrogens with one attached hydrogen (secondary N) is 3. The summed E-state index contributed by atoms with van der Waals surface area (Å²) >= 11 is 5.91.